The van der Waals surface area contributed by atoms with Gasteiger partial charge in [0.2, 0.25) is 0 Å². The third kappa shape index (κ3) is 4.84. The van der Waals surface area contributed by atoms with Gasteiger partial charge in [-0.3, -0.25) is 0 Å². The fourth-order valence-corrected chi connectivity index (χ4v) is 3.29. The molecule has 26 heavy (non-hydrogen) atoms. The van der Waals surface area contributed by atoms with Crippen LogP contribution in [0.5, 0.6) is 0 Å². The Morgan fingerprint density at radius 2 is 1.88 bits per heavy atom. The minimum Gasteiger partial charge on any atom is -0.378 e. The van der Waals surface area contributed by atoms with E-state index in [0.29, 0.717) is 10.8 Å². The van der Waals surface area contributed by atoms with E-state index in [9.17, 15) is 4.39 Å². The molecular formula is C19H21ClFN3OS. The van der Waals surface area contributed by atoms with Crippen LogP contribution >= 0.6 is 23.8 Å². The maximum Gasteiger partial charge on any atom is 0.171 e. The number of rotatable bonds is 4. The van der Waals surface area contributed by atoms with Gasteiger partial charge in [-0.25, -0.2) is 4.39 Å². The van der Waals surface area contributed by atoms with Gasteiger partial charge in [0.15, 0.2) is 5.11 Å². The second-order valence-electron chi connectivity index (χ2n) is 6.14. The van der Waals surface area contributed by atoms with Gasteiger partial charge in [0.25, 0.3) is 0 Å². The highest BCUT2D eigenvalue weighted by atomic mass is 35.5. The third-order valence-electron chi connectivity index (χ3n) is 4.29. The van der Waals surface area contributed by atoms with Crippen LogP contribution in [0.2, 0.25) is 5.02 Å². The van der Waals surface area contributed by atoms with Gasteiger partial charge < -0.3 is 20.3 Å². The lowest BCUT2D eigenvalue weighted by molar-refractivity contribution is 0.122. The van der Waals surface area contributed by atoms with Crippen LogP contribution in [-0.4, -0.2) is 31.4 Å². The lowest BCUT2D eigenvalue weighted by atomic mass is 10.1. The van der Waals surface area contributed by atoms with Gasteiger partial charge in [0, 0.05) is 24.5 Å². The molecule has 0 spiro atoms. The summed E-state index contributed by atoms with van der Waals surface area (Å²) >= 11 is 11.1. The molecule has 2 aromatic rings. The molecule has 1 aliphatic heterocycles. The highest BCUT2D eigenvalue weighted by molar-refractivity contribution is 7.80. The maximum absolute atomic E-state index is 13.2. The van der Waals surface area contributed by atoms with Crippen molar-refractivity contribution < 1.29 is 9.13 Å². The zero-order valence-electron chi connectivity index (χ0n) is 14.5. The first-order chi connectivity index (χ1) is 12.5. The number of thiocarbonyl (C=S) groups is 1. The van der Waals surface area contributed by atoms with E-state index in [2.05, 4.69) is 39.8 Å². The minimum atomic E-state index is -0.454. The van der Waals surface area contributed by atoms with E-state index >= 15 is 0 Å². The molecule has 2 aromatic carbocycles. The second kappa shape index (κ2) is 8.66. The molecule has 0 radical (unpaired) electrons. The van der Waals surface area contributed by atoms with Gasteiger partial charge in [0.1, 0.15) is 5.82 Å². The molecule has 2 N–H and O–H groups in total. The third-order valence-corrected chi connectivity index (χ3v) is 4.80. The Labute approximate surface area is 163 Å². The molecule has 1 heterocycles. The summed E-state index contributed by atoms with van der Waals surface area (Å²) in [4.78, 5) is 2.32. The predicted octanol–water partition coefficient (Wildman–Crippen LogP) is 4.36. The molecule has 3 rings (SSSR count). The Morgan fingerprint density at radius 3 is 2.54 bits per heavy atom. The number of morpholine rings is 1. The summed E-state index contributed by atoms with van der Waals surface area (Å²) < 4.78 is 18.6. The second-order valence-corrected chi connectivity index (χ2v) is 6.96. The number of anilines is 2. The average Bonchev–Trinajstić information content (AvgIpc) is 2.65. The van der Waals surface area contributed by atoms with Crippen molar-refractivity contribution in [2.24, 2.45) is 0 Å². The summed E-state index contributed by atoms with van der Waals surface area (Å²) in [6.45, 7) is 5.41. The monoisotopic (exact) mass is 393 g/mol. The van der Waals surface area contributed by atoms with E-state index in [1.165, 1.54) is 17.8 Å². The Bertz CT molecular complexity index is 766. The molecule has 1 atom stereocenters. The number of nitrogens with one attached hydrogen (secondary N) is 2. The number of hydrogen-bond donors (Lipinski definition) is 2. The van der Waals surface area contributed by atoms with Crippen LogP contribution in [0, 0.1) is 5.82 Å². The standard InChI is InChI=1S/C19H21ClFN3OS/c1-13(22-19(26)23-15-4-7-18(21)17(20)12-15)14-2-5-16(6-3-14)24-8-10-25-11-9-24/h2-7,12-13H,8-11H2,1H3,(H2,22,23,26). The van der Waals surface area contributed by atoms with Crippen LogP contribution < -0.4 is 15.5 Å². The topological polar surface area (TPSA) is 36.5 Å². The number of ether oxygens (including phenoxy) is 1. The van der Waals surface area contributed by atoms with E-state index in [4.69, 9.17) is 28.6 Å². The summed E-state index contributed by atoms with van der Waals surface area (Å²) in [6, 6.07) is 12.9. The molecule has 0 aromatic heterocycles. The molecule has 7 heteroatoms. The van der Waals surface area contributed by atoms with Crippen LogP contribution in [0.25, 0.3) is 0 Å². The van der Waals surface area contributed by atoms with Crippen molar-refractivity contribution in [2.45, 2.75) is 13.0 Å². The number of hydrogen-bond acceptors (Lipinski definition) is 3. The Balaban J connectivity index is 1.57. The van der Waals surface area contributed by atoms with Gasteiger partial charge in [-0.2, -0.15) is 0 Å². The molecular weight excluding hydrogens is 373 g/mol. The van der Waals surface area contributed by atoms with Crippen molar-refractivity contribution in [3.8, 4) is 0 Å². The summed E-state index contributed by atoms with van der Waals surface area (Å²) in [6.07, 6.45) is 0. The van der Waals surface area contributed by atoms with Crippen LogP contribution in [-0.2, 0) is 4.74 Å². The quantitative estimate of drug-likeness (QED) is 0.754. The summed E-state index contributed by atoms with van der Waals surface area (Å²) in [7, 11) is 0. The van der Waals surface area contributed by atoms with E-state index in [0.717, 1.165) is 31.9 Å². The van der Waals surface area contributed by atoms with Crippen molar-refractivity contribution in [1.29, 1.82) is 0 Å². The van der Waals surface area contributed by atoms with Gasteiger partial charge in [-0.05, 0) is 55.0 Å². The Kier molecular flexibility index (Phi) is 6.29. The largest absolute Gasteiger partial charge is 0.378 e. The number of nitrogens with zero attached hydrogens (tertiary/aromatic N) is 1. The van der Waals surface area contributed by atoms with Crippen LogP contribution in [0.4, 0.5) is 15.8 Å². The van der Waals surface area contributed by atoms with Gasteiger partial charge in [-0.15, -0.1) is 0 Å². The molecule has 4 nitrogen and oxygen atoms in total. The maximum atomic E-state index is 13.2. The van der Waals surface area contributed by atoms with E-state index < -0.39 is 5.82 Å². The average molecular weight is 394 g/mol. The lowest BCUT2D eigenvalue weighted by Crippen LogP contribution is -2.36. The molecule has 138 valence electrons. The molecule has 0 amide bonds. The van der Waals surface area contributed by atoms with Crippen molar-refractivity contribution in [1.82, 2.24) is 5.32 Å². The summed E-state index contributed by atoms with van der Waals surface area (Å²) in [5.74, 6) is -0.454. The first kappa shape index (κ1) is 18.9. The summed E-state index contributed by atoms with van der Waals surface area (Å²) in [5, 5.41) is 6.76. The molecule has 1 unspecified atom stereocenters. The van der Waals surface area contributed by atoms with Gasteiger partial charge in [-0.1, -0.05) is 23.7 Å². The molecule has 0 bridgehead atoms. The van der Waals surface area contributed by atoms with Gasteiger partial charge >= 0.3 is 0 Å². The van der Waals surface area contributed by atoms with Gasteiger partial charge in [0.05, 0.1) is 24.3 Å². The first-order valence-corrected chi connectivity index (χ1v) is 9.27. The number of halogens is 2. The van der Waals surface area contributed by atoms with Crippen LogP contribution in [0.15, 0.2) is 42.5 Å². The highest BCUT2D eigenvalue weighted by Gasteiger charge is 2.12. The van der Waals surface area contributed by atoms with E-state index in [1.807, 2.05) is 6.92 Å². The van der Waals surface area contributed by atoms with E-state index in [-0.39, 0.29) is 11.1 Å². The SMILES string of the molecule is CC(NC(=S)Nc1ccc(F)c(Cl)c1)c1ccc(N2CCOCC2)cc1. The molecule has 1 saturated heterocycles. The Hall–Kier alpha value is -1.89. The minimum absolute atomic E-state index is 0.0321. The molecule has 0 aliphatic carbocycles. The van der Waals surface area contributed by atoms with Crippen LogP contribution in [0.1, 0.15) is 18.5 Å². The Morgan fingerprint density at radius 1 is 1.19 bits per heavy atom. The fourth-order valence-electron chi connectivity index (χ4n) is 2.82. The summed E-state index contributed by atoms with van der Waals surface area (Å²) in [5.41, 5.74) is 2.97. The zero-order chi connectivity index (χ0) is 18.5. The van der Waals surface area contributed by atoms with Crippen LogP contribution in [0.3, 0.4) is 0 Å². The first-order valence-electron chi connectivity index (χ1n) is 8.48. The highest BCUT2D eigenvalue weighted by Crippen LogP contribution is 2.21. The zero-order valence-corrected chi connectivity index (χ0v) is 16.0. The molecule has 1 fully saturated rings. The number of benzene rings is 2. The fraction of sp³-hybridized carbons (Fsp3) is 0.316. The predicted molar refractivity (Wildman–Crippen MR) is 109 cm³/mol. The smallest absolute Gasteiger partial charge is 0.171 e. The molecule has 0 saturated carbocycles. The van der Waals surface area contributed by atoms with Crippen molar-refractivity contribution in [3.63, 3.8) is 0 Å². The lowest BCUT2D eigenvalue weighted by Gasteiger charge is -2.29. The van der Waals surface area contributed by atoms with E-state index in [1.54, 1.807) is 6.07 Å². The van der Waals surface area contributed by atoms with Crippen molar-refractivity contribution in [3.05, 3.63) is 58.9 Å². The normalized spacial score (nSPS) is 15.4. The molecule has 1 aliphatic rings. The van der Waals surface area contributed by atoms with Crippen molar-refractivity contribution >= 4 is 40.3 Å². The van der Waals surface area contributed by atoms with Crippen molar-refractivity contribution in [2.75, 3.05) is 36.5 Å².